The number of methoxy groups -OCH3 is 1. The summed E-state index contributed by atoms with van der Waals surface area (Å²) in [4.78, 5) is 2.64. The molecule has 1 fully saturated rings. The van der Waals surface area contributed by atoms with E-state index in [-0.39, 0.29) is 0 Å². The molecule has 0 saturated carbocycles. The van der Waals surface area contributed by atoms with Crippen molar-refractivity contribution < 1.29 is 4.74 Å². The van der Waals surface area contributed by atoms with Crippen LogP contribution >= 0.6 is 0 Å². The van der Waals surface area contributed by atoms with Gasteiger partial charge in [0, 0.05) is 18.5 Å². The Kier molecular flexibility index (Phi) is 5.57. The fourth-order valence-electron chi connectivity index (χ4n) is 4.10. The Morgan fingerprint density at radius 2 is 1.92 bits per heavy atom. The molecule has 0 unspecified atom stereocenters. The van der Waals surface area contributed by atoms with E-state index in [0.29, 0.717) is 5.41 Å². The molecule has 0 N–H and O–H groups in total. The molecule has 3 rings (SSSR count). The highest BCUT2D eigenvalue weighted by molar-refractivity contribution is 5.35. The van der Waals surface area contributed by atoms with E-state index in [2.05, 4.69) is 60.4 Å². The number of nitrogens with zero attached hydrogens (tertiary/aromatic N) is 1. The SMILES string of the molecule is CCC[C@@]1(c2cccc(OC)c2)CCN(CCc2ccccc2)C1. The highest BCUT2D eigenvalue weighted by atomic mass is 16.5. The van der Waals surface area contributed by atoms with Gasteiger partial charge in [0.25, 0.3) is 0 Å². The molecule has 0 aliphatic carbocycles. The molecule has 1 atom stereocenters. The van der Waals surface area contributed by atoms with Crippen molar-refractivity contribution in [3.05, 3.63) is 65.7 Å². The molecule has 2 aromatic rings. The number of ether oxygens (including phenoxy) is 1. The first-order chi connectivity index (χ1) is 11.8. The van der Waals surface area contributed by atoms with Crippen LogP contribution < -0.4 is 4.74 Å². The van der Waals surface area contributed by atoms with Gasteiger partial charge in [-0.05, 0) is 49.1 Å². The van der Waals surface area contributed by atoms with E-state index in [4.69, 9.17) is 4.74 Å². The van der Waals surface area contributed by atoms with Crippen LogP contribution in [0, 0.1) is 0 Å². The largest absolute Gasteiger partial charge is 0.497 e. The maximum atomic E-state index is 5.46. The summed E-state index contributed by atoms with van der Waals surface area (Å²) in [7, 11) is 1.76. The maximum absolute atomic E-state index is 5.46. The number of hydrogen-bond acceptors (Lipinski definition) is 2. The minimum atomic E-state index is 0.292. The summed E-state index contributed by atoms with van der Waals surface area (Å²) in [5, 5.41) is 0. The van der Waals surface area contributed by atoms with Crippen LogP contribution in [0.2, 0.25) is 0 Å². The van der Waals surface area contributed by atoms with E-state index in [1.54, 1.807) is 7.11 Å². The Morgan fingerprint density at radius 3 is 2.67 bits per heavy atom. The lowest BCUT2D eigenvalue weighted by Crippen LogP contribution is -2.32. The first kappa shape index (κ1) is 17.0. The van der Waals surface area contributed by atoms with Gasteiger partial charge in [0.1, 0.15) is 5.75 Å². The van der Waals surface area contributed by atoms with Gasteiger partial charge in [-0.2, -0.15) is 0 Å². The third-order valence-corrected chi connectivity index (χ3v) is 5.40. The van der Waals surface area contributed by atoms with Gasteiger partial charge in [0.2, 0.25) is 0 Å². The number of hydrogen-bond donors (Lipinski definition) is 0. The quantitative estimate of drug-likeness (QED) is 0.733. The van der Waals surface area contributed by atoms with Gasteiger partial charge in [-0.25, -0.2) is 0 Å². The molecule has 2 heteroatoms. The predicted octanol–water partition coefficient (Wildman–Crippen LogP) is 4.68. The fourth-order valence-corrected chi connectivity index (χ4v) is 4.10. The van der Waals surface area contributed by atoms with Crippen molar-refractivity contribution in [2.45, 2.75) is 38.0 Å². The van der Waals surface area contributed by atoms with Gasteiger partial charge in [0.05, 0.1) is 7.11 Å². The molecule has 24 heavy (non-hydrogen) atoms. The number of rotatable bonds is 7. The van der Waals surface area contributed by atoms with Crippen LogP contribution in [0.4, 0.5) is 0 Å². The van der Waals surface area contributed by atoms with Gasteiger partial charge >= 0.3 is 0 Å². The molecule has 2 aromatic carbocycles. The second kappa shape index (κ2) is 7.85. The standard InChI is InChI=1S/C22H29NO/c1-3-13-22(20-10-7-11-21(17-20)24-2)14-16-23(18-22)15-12-19-8-5-4-6-9-19/h4-11,17H,3,12-16,18H2,1-2H3/t22-/m1/s1. The molecular weight excluding hydrogens is 294 g/mol. The zero-order valence-electron chi connectivity index (χ0n) is 15.0. The molecule has 2 nitrogen and oxygen atoms in total. The molecule has 0 amide bonds. The van der Waals surface area contributed by atoms with Crippen molar-refractivity contribution in [3.8, 4) is 5.75 Å². The maximum Gasteiger partial charge on any atom is 0.119 e. The molecule has 1 aliphatic rings. The summed E-state index contributed by atoms with van der Waals surface area (Å²) in [6.07, 6.45) is 4.87. The van der Waals surface area contributed by atoms with Gasteiger partial charge in [-0.3, -0.25) is 0 Å². The zero-order chi connectivity index (χ0) is 16.8. The van der Waals surface area contributed by atoms with Crippen molar-refractivity contribution in [1.29, 1.82) is 0 Å². The Labute approximate surface area is 146 Å². The predicted molar refractivity (Wildman–Crippen MR) is 101 cm³/mol. The average Bonchev–Trinajstić information content (AvgIpc) is 3.06. The van der Waals surface area contributed by atoms with E-state index in [1.807, 2.05) is 6.07 Å². The van der Waals surface area contributed by atoms with E-state index in [1.165, 1.54) is 43.5 Å². The van der Waals surface area contributed by atoms with Crippen molar-refractivity contribution in [3.63, 3.8) is 0 Å². The van der Waals surface area contributed by atoms with Crippen LogP contribution in [0.25, 0.3) is 0 Å². The summed E-state index contributed by atoms with van der Waals surface area (Å²) in [5.41, 5.74) is 3.18. The first-order valence-electron chi connectivity index (χ1n) is 9.16. The highest BCUT2D eigenvalue weighted by Gasteiger charge is 2.38. The lowest BCUT2D eigenvalue weighted by Gasteiger charge is -2.30. The Hall–Kier alpha value is -1.80. The van der Waals surface area contributed by atoms with Gasteiger partial charge in [-0.15, -0.1) is 0 Å². The van der Waals surface area contributed by atoms with Crippen molar-refractivity contribution in [1.82, 2.24) is 4.90 Å². The fraction of sp³-hybridized carbons (Fsp3) is 0.455. The summed E-state index contributed by atoms with van der Waals surface area (Å²) in [6.45, 7) is 5.82. The Bertz CT molecular complexity index is 639. The molecule has 0 bridgehead atoms. The molecule has 1 heterocycles. The third kappa shape index (κ3) is 3.81. The summed E-state index contributed by atoms with van der Waals surface area (Å²) >= 11 is 0. The van der Waals surface area contributed by atoms with Crippen LogP contribution in [0.15, 0.2) is 54.6 Å². The monoisotopic (exact) mass is 323 g/mol. The van der Waals surface area contributed by atoms with Crippen molar-refractivity contribution in [2.24, 2.45) is 0 Å². The third-order valence-electron chi connectivity index (χ3n) is 5.40. The lowest BCUT2D eigenvalue weighted by molar-refractivity contribution is 0.304. The second-order valence-electron chi connectivity index (χ2n) is 7.02. The van der Waals surface area contributed by atoms with Gasteiger partial charge in [0.15, 0.2) is 0 Å². The molecule has 0 radical (unpaired) electrons. The zero-order valence-corrected chi connectivity index (χ0v) is 15.0. The van der Waals surface area contributed by atoms with Crippen LogP contribution in [-0.4, -0.2) is 31.6 Å². The smallest absolute Gasteiger partial charge is 0.119 e. The summed E-state index contributed by atoms with van der Waals surface area (Å²) in [6, 6.07) is 19.6. The van der Waals surface area contributed by atoms with Crippen LogP contribution in [0.1, 0.15) is 37.3 Å². The van der Waals surface area contributed by atoms with E-state index in [9.17, 15) is 0 Å². The van der Waals surface area contributed by atoms with Crippen molar-refractivity contribution in [2.75, 3.05) is 26.7 Å². The first-order valence-corrected chi connectivity index (χ1v) is 9.16. The van der Waals surface area contributed by atoms with Gasteiger partial charge < -0.3 is 9.64 Å². The topological polar surface area (TPSA) is 12.5 Å². The van der Waals surface area contributed by atoms with Crippen LogP contribution in [-0.2, 0) is 11.8 Å². The Balaban J connectivity index is 1.70. The number of likely N-dealkylation sites (tertiary alicyclic amines) is 1. The molecule has 128 valence electrons. The molecular formula is C22H29NO. The molecule has 1 aliphatic heterocycles. The lowest BCUT2D eigenvalue weighted by atomic mass is 9.76. The highest BCUT2D eigenvalue weighted by Crippen LogP contribution is 2.39. The van der Waals surface area contributed by atoms with E-state index >= 15 is 0 Å². The normalized spacial score (nSPS) is 21.1. The molecule has 1 saturated heterocycles. The Morgan fingerprint density at radius 1 is 1.08 bits per heavy atom. The van der Waals surface area contributed by atoms with E-state index in [0.717, 1.165) is 18.7 Å². The van der Waals surface area contributed by atoms with Crippen LogP contribution in [0.3, 0.4) is 0 Å². The van der Waals surface area contributed by atoms with Crippen molar-refractivity contribution >= 4 is 0 Å². The average molecular weight is 323 g/mol. The van der Waals surface area contributed by atoms with E-state index < -0.39 is 0 Å². The summed E-state index contributed by atoms with van der Waals surface area (Å²) < 4.78 is 5.46. The van der Waals surface area contributed by atoms with Crippen LogP contribution in [0.5, 0.6) is 5.75 Å². The molecule has 0 aromatic heterocycles. The summed E-state index contributed by atoms with van der Waals surface area (Å²) in [5.74, 6) is 0.978. The minimum absolute atomic E-state index is 0.292. The minimum Gasteiger partial charge on any atom is -0.497 e. The van der Waals surface area contributed by atoms with Gasteiger partial charge in [-0.1, -0.05) is 55.8 Å². The molecule has 0 spiro atoms. The second-order valence-corrected chi connectivity index (χ2v) is 7.02. The number of benzene rings is 2.